The Morgan fingerprint density at radius 2 is 0.818 bits per heavy atom. The molecular formula is C22H22. The van der Waals surface area contributed by atoms with Gasteiger partial charge in [-0.1, -0.05) is 99.6 Å². The van der Waals surface area contributed by atoms with Gasteiger partial charge < -0.3 is 0 Å². The molecule has 0 spiro atoms. The lowest BCUT2D eigenvalue weighted by molar-refractivity contribution is 0.590. The maximum Gasteiger partial charge on any atom is -0.0132 e. The largest absolute Gasteiger partial charge is 0.0622 e. The van der Waals surface area contributed by atoms with Crippen molar-refractivity contribution < 1.29 is 0 Å². The minimum atomic E-state index is 0.204. The first-order valence-corrected chi connectivity index (χ1v) is 7.80. The summed E-state index contributed by atoms with van der Waals surface area (Å²) in [5, 5.41) is 0. The van der Waals surface area contributed by atoms with E-state index in [-0.39, 0.29) is 5.41 Å². The van der Waals surface area contributed by atoms with Crippen LogP contribution in [0, 0.1) is 0 Å². The van der Waals surface area contributed by atoms with Gasteiger partial charge in [-0.3, -0.25) is 0 Å². The second-order valence-corrected chi connectivity index (χ2v) is 6.77. The van der Waals surface area contributed by atoms with Gasteiger partial charge in [0.1, 0.15) is 0 Å². The molecule has 3 rings (SSSR count). The fourth-order valence-electron chi connectivity index (χ4n) is 2.65. The van der Waals surface area contributed by atoms with Crippen LogP contribution in [0.4, 0.5) is 0 Å². The molecule has 0 radical (unpaired) electrons. The van der Waals surface area contributed by atoms with E-state index in [0.29, 0.717) is 0 Å². The van der Waals surface area contributed by atoms with Crippen LogP contribution in [0.15, 0.2) is 78.9 Å². The second kappa shape index (κ2) is 5.81. The van der Waals surface area contributed by atoms with Gasteiger partial charge in [-0.05, 0) is 33.2 Å². The van der Waals surface area contributed by atoms with Gasteiger partial charge in [0.25, 0.3) is 0 Å². The minimum Gasteiger partial charge on any atom is -0.0622 e. The molecule has 0 bridgehead atoms. The Bertz CT molecular complexity index is 727. The van der Waals surface area contributed by atoms with Crippen molar-refractivity contribution in [1.29, 1.82) is 0 Å². The summed E-state index contributed by atoms with van der Waals surface area (Å²) in [7, 11) is 0. The van der Waals surface area contributed by atoms with Crippen LogP contribution in [0.2, 0.25) is 0 Å². The van der Waals surface area contributed by atoms with Crippen molar-refractivity contribution in [1.82, 2.24) is 0 Å². The normalized spacial score (nSPS) is 11.4. The molecule has 3 aromatic carbocycles. The maximum atomic E-state index is 2.25. The van der Waals surface area contributed by atoms with E-state index in [1.54, 1.807) is 0 Å². The van der Waals surface area contributed by atoms with Crippen molar-refractivity contribution in [3.8, 4) is 22.3 Å². The van der Waals surface area contributed by atoms with Gasteiger partial charge in [-0.2, -0.15) is 0 Å². The first-order chi connectivity index (χ1) is 10.5. The SMILES string of the molecule is CC(C)(C)c1ccc(-c2ccc(-c3ccccc3)cc2)cc1. The van der Waals surface area contributed by atoms with Crippen molar-refractivity contribution in [2.24, 2.45) is 0 Å². The molecule has 0 unspecified atom stereocenters. The standard InChI is InChI=1S/C22H22/c1-22(2,3)21-15-13-20(14-16-21)19-11-9-18(10-12-19)17-7-5-4-6-8-17/h4-16H,1-3H3. The lowest BCUT2D eigenvalue weighted by Gasteiger charge is -2.19. The molecule has 0 nitrogen and oxygen atoms in total. The zero-order valence-corrected chi connectivity index (χ0v) is 13.5. The molecule has 22 heavy (non-hydrogen) atoms. The van der Waals surface area contributed by atoms with E-state index < -0.39 is 0 Å². The summed E-state index contributed by atoms with van der Waals surface area (Å²) in [5.41, 5.74) is 6.63. The zero-order chi connectivity index (χ0) is 15.6. The molecule has 0 atom stereocenters. The Morgan fingerprint density at radius 3 is 1.23 bits per heavy atom. The zero-order valence-electron chi connectivity index (χ0n) is 13.5. The molecular weight excluding hydrogens is 264 g/mol. The molecule has 0 aliphatic heterocycles. The van der Waals surface area contributed by atoms with Crippen LogP contribution in [0.1, 0.15) is 26.3 Å². The first kappa shape index (κ1) is 14.6. The number of hydrogen-bond acceptors (Lipinski definition) is 0. The second-order valence-electron chi connectivity index (χ2n) is 6.77. The van der Waals surface area contributed by atoms with Crippen molar-refractivity contribution in [2.45, 2.75) is 26.2 Å². The molecule has 0 heterocycles. The van der Waals surface area contributed by atoms with E-state index in [1.807, 2.05) is 0 Å². The fourth-order valence-corrected chi connectivity index (χ4v) is 2.65. The molecule has 0 saturated heterocycles. The summed E-state index contributed by atoms with van der Waals surface area (Å²) < 4.78 is 0. The van der Waals surface area contributed by atoms with Gasteiger partial charge >= 0.3 is 0 Å². The van der Waals surface area contributed by atoms with Crippen LogP contribution in [0.3, 0.4) is 0 Å². The van der Waals surface area contributed by atoms with E-state index in [9.17, 15) is 0 Å². The highest BCUT2D eigenvalue weighted by Crippen LogP contribution is 2.28. The lowest BCUT2D eigenvalue weighted by Crippen LogP contribution is -2.10. The summed E-state index contributed by atoms with van der Waals surface area (Å²) in [6.07, 6.45) is 0. The van der Waals surface area contributed by atoms with Crippen LogP contribution < -0.4 is 0 Å². The van der Waals surface area contributed by atoms with Gasteiger partial charge in [0.15, 0.2) is 0 Å². The van der Waals surface area contributed by atoms with Crippen molar-refractivity contribution in [3.63, 3.8) is 0 Å². The van der Waals surface area contributed by atoms with E-state index >= 15 is 0 Å². The molecule has 0 aliphatic rings. The van der Waals surface area contributed by atoms with E-state index in [2.05, 4.69) is 99.6 Å². The predicted molar refractivity (Wildman–Crippen MR) is 96.0 cm³/mol. The van der Waals surface area contributed by atoms with Crippen molar-refractivity contribution in [2.75, 3.05) is 0 Å². The third-order valence-electron chi connectivity index (χ3n) is 4.08. The number of rotatable bonds is 2. The Morgan fingerprint density at radius 1 is 0.455 bits per heavy atom. The monoisotopic (exact) mass is 286 g/mol. The maximum absolute atomic E-state index is 2.25. The average Bonchev–Trinajstić information content (AvgIpc) is 2.55. The van der Waals surface area contributed by atoms with E-state index in [4.69, 9.17) is 0 Å². The van der Waals surface area contributed by atoms with Crippen LogP contribution in [-0.2, 0) is 5.41 Å². The molecule has 110 valence electrons. The van der Waals surface area contributed by atoms with Crippen LogP contribution in [-0.4, -0.2) is 0 Å². The Balaban J connectivity index is 1.87. The van der Waals surface area contributed by atoms with Crippen molar-refractivity contribution >= 4 is 0 Å². The lowest BCUT2D eigenvalue weighted by atomic mass is 9.86. The molecule has 0 saturated carbocycles. The highest BCUT2D eigenvalue weighted by atomic mass is 14.2. The summed E-state index contributed by atoms with van der Waals surface area (Å²) in [4.78, 5) is 0. The molecule has 0 fully saturated rings. The molecule has 0 amide bonds. The van der Waals surface area contributed by atoms with E-state index in [1.165, 1.54) is 27.8 Å². The predicted octanol–water partition coefficient (Wildman–Crippen LogP) is 6.32. The average molecular weight is 286 g/mol. The molecule has 0 aliphatic carbocycles. The van der Waals surface area contributed by atoms with Gasteiger partial charge in [-0.25, -0.2) is 0 Å². The first-order valence-electron chi connectivity index (χ1n) is 7.80. The van der Waals surface area contributed by atoms with Crippen LogP contribution >= 0.6 is 0 Å². The van der Waals surface area contributed by atoms with Crippen molar-refractivity contribution in [3.05, 3.63) is 84.4 Å². The van der Waals surface area contributed by atoms with Gasteiger partial charge in [0.05, 0.1) is 0 Å². The summed E-state index contributed by atoms with van der Waals surface area (Å²) in [6.45, 7) is 6.74. The number of benzene rings is 3. The third kappa shape index (κ3) is 3.12. The van der Waals surface area contributed by atoms with E-state index in [0.717, 1.165) is 0 Å². The van der Waals surface area contributed by atoms with Crippen LogP contribution in [0.25, 0.3) is 22.3 Å². The highest BCUT2D eigenvalue weighted by Gasteiger charge is 2.12. The third-order valence-corrected chi connectivity index (χ3v) is 4.08. The van der Waals surface area contributed by atoms with Gasteiger partial charge in [0, 0.05) is 0 Å². The summed E-state index contributed by atoms with van der Waals surface area (Å²) >= 11 is 0. The fraction of sp³-hybridized carbons (Fsp3) is 0.182. The quantitative estimate of drug-likeness (QED) is 0.517. The Labute approximate surface area is 133 Å². The molecule has 0 N–H and O–H groups in total. The topological polar surface area (TPSA) is 0 Å². The summed E-state index contributed by atoms with van der Waals surface area (Å²) in [6, 6.07) is 28.2. The molecule has 3 aromatic rings. The summed E-state index contributed by atoms with van der Waals surface area (Å²) in [5.74, 6) is 0. The highest BCUT2D eigenvalue weighted by molar-refractivity contribution is 5.70. The number of hydrogen-bond donors (Lipinski definition) is 0. The van der Waals surface area contributed by atoms with Gasteiger partial charge in [0.2, 0.25) is 0 Å². The Kier molecular flexibility index (Phi) is 3.85. The smallest absolute Gasteiger partial charge is 0.0132 e. The van der Waals surface area contributed by atoms with Crippen LogP contribution in [0.5, 0.6) is 0 Å². The molecule has 0 aromatic heterocycles. The minimum absolute atomic E-state index is 0.204. The molecule has 0 heteroatoms. The Hall–Kier alpha value is -2.34. The van der Waals surface area contributed by atoms with Gasteiger partial charge in [-0.15, -0.1) is 0 Å².